The lowest BCUT2D eigenvalue weighted by atomic mass is 9.88. The van der Waals surface area contributed by atoms with Crippen LogP contribution in [0.2, 0.25) is 0 Å². The molecule has 0 radical (unpaired) electrons. The van der Waals surface area contributed by atoms with E-state index in [0.717, 1.165) is 5.56 Å². The maximum Gasteiger partial charge on any atom is 0.407 e. The monoisotopic (exact) mass is 265 g/mol. The van der Waals surface area contributed by atoms with E-state index in [2.05, 4.69) is 0 Å². The molecule has 0 aliphatic carbocycles. The van der Waals surface area contributed by atoms with Crippen LogP contribution < -0.4 is 0 Å². The molecule has 1 amide bonds. The van der Waals surface area contributed by atoms with Crippen molar-refractivity contribution in [3.63, 3.8) is 0 Å². The molecule has 0 bridgehead atoms. The first kappa shape index (κ1) is 13.8. The van der Waals surface area contributed by atoms with Crippen molar-refractivity contribution in [1.82, 2.24) is 4.90 Å². The SMILES string of the molecule is O=C(O)N1CC(CO)C(CO)C1Cc1ccccc1. The number of hydrogen-bond donors (Lipinski definition) is 3. The zero-order chi connectivity index (χ0) is 13.8. The summed E-state index contributed by atoms with van der Waals surface area (Å²) in [6, 6.07) is 9.34. The van der Waals surface area contributed by atoms with Crippen molar-refractivity contribution in [2.45, 2.75) is 12.5 Å². The number of amides is 1. The number of rotatable bonds is 4. The number of likely N-dealkylation sites (tertiary alicyclic amines) is 1. The van der Waals surface area contributed by atoms with E-state index in [1.165, 1.54) is 4.90 Å². The average Bonchev–Trinajstić information content (AvgIpc) is 2.77. The quantitative estimate of drug-likeness (QED) is 0.752. The Hall–Kier alpha value is -1.59. The molecule has 5 heteroatoms. The molecule has 1 saturated heterocycles. The molecule has 5 nitrogen and oxygen atoms in total. The minimum atomic E-state index is -0.990. The second-order valence-corrected chi connectivity index (χ2v) is 4.98. The molecular weight excluding hydrogens is 246 g/mol. The molecule has 1 aromatic rings. The van der Waals surface area contributed by atoms with Gasteiger partial charge < -0.3 is 20.2 Å². The topological polar surface area (TPSA) is 81.0 Å². The summed E-state index contributed by atoms with van der Waals surface area (Å²) in [6.45, 7) is 0.0847. The number of carbonyl (C=O) groups is 1. The highest BCUT2D eigenvalue weighted by Gasteiger charge is 2.43. The van der Waals surface area contributed by atoms with Crippen LogP contribution in [0.4, 0.5) is 4.79 Å². The fourth-order valence-electron chi connectivity index (χ4n) is 2.87. The Morgan fingerprint density at radius 3 is 2.42 bits per heavy atom. The molecule has 3 N–H and O–H groups in total. The zero-order valence-corrected chi connectivity index (χ0v) is 10.6. The van der Waals surface area contributed by atoms with E-state index in [-0.39, 0.29) is 37.6 Å². The molecule has 0 saturated carbocycles. The van der Waals surface area contributed by atoms with Crippen molar-refractivity contribution in [3.8, 4) is 0 Å². The smallest absolute Gasteiger partial charge is 0.407 e. The highest BCUT2D eigenvalue weighted by atomic mass is 16.4. The summed E-state index contributed by atoms with van der Waals surface area (Å²) in [7, 11) is 0. The minimum absolute atomic E-state index is 0.0969. The van der Waals surface area contributed by atoms with Gasteiger partial charge in [-0.25, -0.2) is 4.79 Å². The normalized spacial score (nSPS) is 26.6. The maximum atomic E-state index is 11.3. The van der Waals surface area contributed by atoms with Crippen LogP contribution in [0.15, 0.2) is 30.3 Å². The molecule has 1 heterocycles. The summed E-state index contributed by atoms with van der Waals surface area (Å²) in [5, 5.41) is 28.1. The van der Waals surface area contributed by atoms with Crippen molar-refractivity contribution in [3.05, 3.63) is 35.9 Å². The molecule has 1 aromatic carbocycles. The van der Waals surface area contributed by atoms with Gasteiger partial charge in [0.1, 0.15) is 0 Å². The van der Waals surface area contributed by atoms with Crippen molar-refractivity contribution >= 4 is 6.09 Å². The van der Waals surface area contributed by atoms with Crippen LogP contribution in [0.25, 0.3) is 0 Å². The molecule has 104 valence electrons. The summed E-state index contributed by atoms with van der Waals surface area (Å²) in [5.41, 5.74) is 1.04. The van der Waals surface area contributed by atoms with Gasteiger partial charge in [-0.1, -0.05) is 30.3 Å². The van der Waals surface area contributed by atoms with Crippen molar-refractivity contribution in [2.75, 3.05) is 19.8 Å². The van der Waals surface area contributed by atoms with Gasteiger partial charge in [-0.3, -0.25) is 0 Å². The Morgan fingerprint density at radius 2 is 1.89 bits per heavy atom. The van der Waals surface area contributed by atoms with Crippen LogP contribution in [0.5, 0.6) is 0 Å². The molecule has 3 atom stereocenters. The lowest BCUT2D eigenvalue weighted by Gasteiger charge is -2.25. The third kappa shape index (κ3) is 2.88. The van der Waals surface area contributed by atoms with Crippen LogP contribution in [0, 0.1) is 11.8 Å². The van der Waals surface area contributed by atoms with Crippen LogP contribution in [-0.2, 0) is 6.42 Å². The number of aliphatic hydroxyl groups is 2. The Balaban J connectivity index is 2.20. The largest absolute Gasteiger partial charge is 0.465 e. The van der Waals surface area contributed by atoms with Gasteiger partial charge in [0.25, 0.3) is 0 Å². The van der Waals surface area contributed by atoms with E-state index in [0.29, 0.717) is 6.42 Å². The summed E-state index contributed by atoms with van der Waals surface area (Å²) in [6.07, 6.45) is -0.426. The predicted molar refractivity (Wildman–Crippen MR) is 69.8 cm³/mol. The van der Waals surface area contributed by atoms with E-state index >= 15 is 0 Å². The number of benzene rings is 1. The summed E-state index contributed by atoms with van der Waals surface area (Å²) in [5.74, 6) is -0.392. The number of aliphatic hydroxyl groups excluding tert-OH is 2. The Bertz CT molecular complexity index is 423. The molecule has 19 heavy (non-hydrogen) atoms. The van der Waals surface area contributed by atoms with E-state index in [1.807, 2.05) is 30.3 Å². The van der Waals surface area contributed by atoms with Gasteiger partial charge in [0.05, 0.1) is 0 Å². The molecule has 0 aromatic heterocycles. The third-order valence-corrected chi connectivity index (χ3v) is 3.91. The average molecular weight is 265 g/mol. The van der Waals surface area contributed by atoms with Crippen molar-refractivity contribution in [1.29, 1.82) is 0 Å². The van der Waals surface area contributed by atoms with Crippen LogP contribution in [0.1, 0.15) is 5.56 Å². The first-order chi connectivity index (χ1) is 9.17. The number of hydrogen-bond acceptors (Lipinski definition) is 3. The van der Waals surface area contributed by atoms with E-state index in [9.17, 15) is 20.1 Å². The highest BCUT2D eigenvalue weighted by molar-refractivity contribution is 5.66. The van der Waals surface area contributed by atoms with Crippen LogP contribution in [0.3, 0.4) is 0 Å². The Labute approximate surface area is 112 Å². The lowest BCUT2D eigenvalue weighted by Crippen LogP contribution is -2.39. The summed E-state index contributed by atoms with van der Waals surface area (Å²) >= 11 is 0. The zero-order valence-electron chi connectivity index (χ0n) is 10.6. The highest BCUT2D eigenvalue weighted by Crippen LogP contribution is 2.31. The van der Waals surface area contributed by atoms with E-state index in [4.69, 9.17) is 0 Å². The molecule has 1 aliphatic heterocycles. The molecule has 2 rings (SSSR count). The van der Waals surface area contributed by atoms with Gasteiger partial charge in [0.2, 0.25) is 0 Å². The van der Waals surface area contributed by atoms with Gasteiger partial charge >= 0.3 is 6.09 Å². The minimum Gasteiger partial charge on any atom is -0.465 e. The Morgan fingerprint density at radius 1 is 1.21 bits per heavy atom. The van der Waals surface area contributed by atoms with Gasteiger partial charge in [-0.15, -0.1) is 0 Å². The molecule has 1 aliphatic rings. The Kier molecular flexibility index (Phi) is 4.39. The fourth-order valence-corrected chi connectivity index (χ4v) is 2.87. The standard InChI is InChI=1S/C14H19NO4/c16-8-11-7-15(14(18)19)13(12(11)9-17)6-10-4-2-1-3-5-10/h1-5,11-13,16-17H,6-9H2,(H,18,19). The second-order valence-electron chi connectivity index (χ2n) is 4.98. The van der Waals surface area contributed by atoms with E-state index < -0.39 is 6.09 Å². The van der Waals surface area contributed by atoms with Crippen LogP contribution >= 0.6 is 0 Å². The fraction of sp³-hybridized carbons (Fsp3) is 0.500. The van der Waals surface area contributed by atoms with E-state index in [1.54, 1.807) is 0 Å². The molecule has 0 spiro atoms. The molecular formula is C14H19NO4. The lowest BCUT2D eigenvalue weighted by molar-refractivity contribution is 0.118. The third-order valence-electron chi connectivity index (χ3n) is 3.91. The van der Waals surface area contributed by atoms with Gasteiger partial charge in [0.15, 0.2) is 0 Å². The predicted octanol–water partition coefficient (Wildman–Crippen LogP) is 0.808. The summed E-state index contributed by atoms with van der Waals surface area (Å²) < 4.78 is 0. The van der Waals surface area contributed by atoms with Gasteiger partial charge in [-0.05, 0) is 12.0 Å². The van der Waals surface area contributed by atoms with Gasteiger partial charge in [0, 0.05) is 37.6 Å². The second kappa shape index (κ2) is 6.04. The number of nitrogens with zero attached hydrogens (tertiary/aromatic N) is 1. The van der Waals surface area contributed by atoms with Gasteiger partial charge in [-0.2, -0.15) is 0 Å². The van der Waals surface area contributed by atoms with Crippen LogP contribution in [-0.4, -0.2) is 52.1 Å². The van der Waals surface area contributed by atoms with Crippen molar-refractivity contribution in [2.24, 2.45) is 11.8 Å². The maximum absolute atomic E-state index is 11.3. The first-order valence-corrected chi connectivity index (χ1v) is 6.42. The molecule has 1 fully saturated rings. The molecule has 3 unspecified atom stereocenters. The number of carboxylic acid groups (broad SMARTS) is 1. The first-order valence-electron chi connectivity index (χ1n) is 6.42. The summed E-state index contributed by atoms with van der Waals surface area (Å²) in [4.78, 5) is 12.6. The van der Waals surface area contributed by atoms with Crippen molar-refractivity contribution < 1.29 is 20.1 Å².